The second-order valence-corrected chi connectivity index (χ2v) is 7.88. The average Bonchev–Trinajstić information content (AvgIpc) is 3.42. The fourth-order valence-corrected chi connectivity index (χ4v) is 4.10. The zero-order valence-electron chi connectivity index (χ0n) is 17.3. The Labute approximate surface area is 179 Å². The Bertz CT molecular complexity index is 967. The lowest BCUT2D eigenvalue weighted by Crippen LogP contribution is -2.33. The van der Waals surface area contributed by atoms with Gasteiger partial charge in [0.25, 0.3) is 0 Å². The maximum atomic E-state index is 13.6. The Morgan fingerprint density at radius 1 is 1.29 bits per heavy atom. The van der Waals surface area contributed by atoms with Crippen LogP contribution in [0, 0.1) is 11.6 Å². The molecule has 4 rings (SSSR count). The van der Waals surface area contributed by atoms with Crippen molar-refractivity contribution in [2.75, 3.05) is 27.5 Å². The Kier molecular flexibility index (Phi) is 6.06. The molecule has 31 heavy (non-hydrogen) atoms. The second-order valence-electron chi connectivity index (χ2n) is 7.88. The fraction of sp³-hybridized carbons (Fsp3) is 0.476. The van der Waals surface area contributed by atoms with Gasteiger partial charge in [0.2, 0.25) is 5.95 Å². The van der Waals surface area contributed by atoms with Crippen molar-refractivity contribution in [1.82, 2.24) is 9.97 Å². The predicted octanol–water partition coefficient (Wildman–Crippen LogP) is 3.77. The number of aromatic nitrogens is 2. The second kappa shape index (κ2) is 8.91. The van der Waals surface area contributed by atoms with Crippen LogP contribution in [0.5, 0.6) is 0 Å². The van der Waals surface area contributed by atoms with Crippen molar-refractivity contribution in [1.29, 1.82) is 0 Å². The third-order valence-corrected chi connectivity index (χ3v) is 5.81. The Morgan fingerprint density at radius 3 is 2.74 bits per heavy atom. The number of nitrogens with zero attached hydrogens (tertiary/aromatic N) is 3. The van der Waals surface area contributed by atoms with Crippen molar-refractivity contribution in [3.63, 3.8) is 0 Å². The number of carbonyl (C=O) groups is 1. The van der Waals surface area contributed by atoms with Crippen LogP contribution in [0.2, 0.25) is 0 Å². The molecule has 2 heterocycles. The third kappa shape index (κ3) is 4.47. The molecule has 2 aromatic rings. The summed E-state index contributed by atoms with van der Waals surface area (Å²) in [6, 6.07) is 3.28. The van der Waals surface area contributed by atoms with Gasteiger partial charge in [-0.1, -0.05) is 25.8 Å². The fourth-order valence-electron chi connectivity index (χ4n) is 4.10. The van der Waals surface area contributed by atoms with E-state index in [0.717, 1.165) is 36.5 Å². The number of hydrogen-bond acceptors (Lipinski definition) is 7. The molecule has 4 N–H and O–H groups in total. The van der Waals surface area contributed by atoms with Crippen molar-refractivity contribution in [2.45, 2.75) is 57.7 Å². The lowest BCUT2D eigenvalue weighted by molar-refractivity contribution is -0.138. The smallest absolute Gasteiger partial charge is 0.326 e. The maximum Gasteiger partial charge on any atom is 0.326 e. The number of fused-ring (bicyclic) bond motifs is 1. The van der Waals surface area contributed by atoms with Gasteiger partial charge in [0.15, 0.2) is 23.3 Å². The summed E-state index contributed by atoms with van der Waals surface area (Å²) in [5, 5.41) is 18.8. The van der Waals surface area contributed by atoms with Crippen LogP contribution in [0.3, 0.4) is 0 Å². The molecule has 1 unspecified atom stereocenters. The van der Waals surface area contributed by atoms with Crippen molar-refractivity contribution < 1.29 is 18.7 Å². The van der Waals surface area contributed by atoms with Crippen molar-refractivity contribution in [3.8, 4) is 0 Å². The summed E-state index contributed by atoms with van der Waals surface area (Å²) < 4.78 is 26.8. The molecule has 1 aliphatic heterocycles. The summed E-state index contributed by atoms with van der Waals surface area (Å²) in [5.74, 6) is -1.37. The van der Waals surface area contributed by atoms with Gasteiger partial charge in [0.05, 0.1) is 6.67 Å². The molecule has 0 spiro atoms. The molecule has 1 aromatic carbocycles. The molecule has 1 aromatic heterocycles. The SMILES string of the molecule is CCC(Nc1nc(NCc2ccc(F)c(F)c2)c2c(n1)N(C1CCCC1)CN2)C(=O)O. The Hall–Kier alpha value is -3.17. The van der Waals surface area contributed by atoms with E-state index in [-0.39, 0.29) is 12.5 Å². The molecule has 8 nitrogen and oxygen atoms in total. The highest BCUT2D eigenvalue weighted by molar-refractivity contribution is 5.84. The minimum Gasteiger partial charge on any atom is -0.480 e. The molecular weight excluding hydrogens is 406 g/mol. The largest absolute Gasteiger partial charge is 0.480 e. The van der Waals surface area contributed by atoms with Crippen LogP contribution >= 0.6 is 0 Å². The molecular formula is C21H26F2N6O2. The Morgan fingerprint density at radius 2 is 2.06 bits per heavy atom. The van der Waals surface area contributed by atoms with Gasteiger partial charge in [-0.05, 0) is 37.0 Å². The van der Waals surface area contributed by atoms with E-state index in [4.69, 9.17) is 0 Å². The molecule has 1 atom stereocenters. The van der Waals surface area contributed by atoms with Gasteiger partial charge in [-0.25, -0.2) is 13.6 Å². The van der Waals surface area contributed by atoms with Crippen molar-refractivity contribution in [2.24, 2.45) is 0 Å². The maximum absolute atomic E-state index is 13.6. The molecule has 0 saturated heterocycles. The summed E-state index contributed by atoms with van der Waals surface area (Å²) in [5.41, 5.74) is 1.28. The minimum atomic E-state index is -0.978. The molecule has 166 valence electrons. The molecule has 1 aliphatic carbocycles. The van der Waals surface area contributed by atoms with Gasteiger partial charge in [-0.3, -0.25) is 0 Å². The van der Waals surface area contributed by atoms with Gasteiger partial charge in [-0.2, -0.15) is 9.97 Å². The summed E-state index contributed by atoms with van der Waals surface area (Å²) in [7, 11) is 0. The normalized spacial score (nSPS) is 16.7. The van der Waals surface area contributed by atoms with E-state index in [0.29, 0.717) is 30.5 Å². The lowest BCUT2D eigenvalue weighted by Gasteiger charge is -2.25. The van der Waals surface area contributed by atoms with Gasteiger partial charge in [0, 0.05) is 12.6 Å². The quantitative estimate of drug-likeness (QED) is 0.500. The van der Waals surface area contributed by atoms with Crippen LogP contribution in [-0.4, -0.2) is 39.8 Å². The van der Waals surface area contributed by atoms with E-state index in [2.05, 4.69) is 30.8 Å². The van der Waals surface area contributed by atoms with E-state index < -0.39 is 23.6 Å². The first kappa shape index (κ1) is 21.1. The first-order chi connectivity index (χ1) is 15.0. The highest BCUT2D eigenvalue weighted by atomic mass is 19.2. The van der Waals surface area contributed by atoms with Gasteiger partial charge in [-0.15, -0.1) is 0 Å². The van der Waals surface area contributed by atoms with Crippen LogP contribution in [-0.2, 0) is 11.3 Å². The van der Waals surface area contributed by atoms with E-state index >= 15 is 0 Å². The number of rotatable bonds is 8. The van der Waals surface area contributed by atoms with Crippen LogP contribution < -0.4 is 20.9 Å². The monoisotopic (exact) mass is 432 g/mol. The highest BCUT2D eigenvalue weighted by Gasteiger charge is 2.32. The molecule has 10 heteroatoms. The van der Waals surface area contributed by atoms with Crippen molar-refractivity contribution >= 4 is 29.2 Å². The van der Waals surface area contributed by atoms with Crippen LogP contribution in [0.1, 0.15) is 44.6 Å². The standard InChI is InChI=1S/C21H26F2N6O2/c1-2-16(20(30)31)26-21-27-18(24-10-12-7-8-14(22)15(23)9-12)17-19(28-21)29(11-25-17)13-5-3-4-6-13/h7-9,13,16,25H,2-6,10-11H2,1H3,(H,30,31)(H2,24,26,27,28). The van der Waals surface area contributed by atoms with E-state index in [1.165, 1.54) is 18.9 Å². The van der Waals surface area contributed by atoms with Crippen LogP contribution in [0.15, 0.2) is 18.2 Å². The number of carboxylic acid groups (broad SMARTS) is 1. The van der Waals surface area contributed by atoms with Crippen LogP contribution in [0.25, 0.3) is 0 Å². The van der Waals surface area contributed by atoms with Crippen molar-refractivity contribution in [3.05, 3.63) is 35.4 Å². The number of aliphatic carboxylic acids is 1. The molecule has 1 saturated carbocycles. The minimum absolute atomic E-state index is 0.215. The van der Waals surface area contributed by atoms with Crippen LogP contribution in [0.4, 0.5) is 32.1 Å². The number of halogens is 2. The first-order valence-corrected chi connectivity index (χ1v) is 10.6. The van der Waals surface area contributed by atoms with Gasteiger partial charge in [0.1, 0.15) is 11.7 Å². The third-order valence-electron chi connectivity index (χ3n) is 5.81. The average molecular weight is 432 g/mol. The molecule has 0 amide bonds. The zero-order valence-corrected chi connectivity index (χ0v) is 17.3. The number of nitrogens with one attached hydrogen (secondary N) is 3. The lowest BCUT2D eigenvalue weighted by atomic mass is 10.2. The number of carboxylic acids is 1. The first-order valence-electron chi connectivity index (χ1n) is 10.6. The summed E-state index contributed by atoms with van der Waals surface area (Å²) >= 11 is 0. The Balaban J connectivity index is 1.63. The molecule has 1 fully saturated rings. The molecule has 0 radical (unpaired) electrons. The highest BCUT2D eigenvalue weighted by Crippen LogP contribution is 2.40. The zero-order chi connectivity index (χ0) is 22.0. The number of anilines is 4. The molecule has 0 bridgehead atoms. The van der Waals surface area contributed by atoms with E-state index in [1.54, 1.807) is 6.92 Å². The number of hydrogen-bond donors (Lipinski definition) is 4. The topological polar surface area (TPSA) is 102 Å². The predicted molar refractivity (Wildman–Crippen MR) is 114 cm³/mol. The molecule has 2 aliphatic rings. The van der Waals surface area contributed by atoms with Gasteiger partial charge < -0.3 is 26.0 Å². The van der Waals surface area contributed by atoms with E-state index in [1.807, 2.05) is 0 Å². The summed E-state index contributed by atoms with van der Waals surface area (Å²) in [4.78, 5) is 22.8. The van der Waals surface area contributed by atoms with E-state index in [9.17, 15) is 18.7 Å². The number of benzene rings is 1. The summed E-state index contributed by atoms with van der Waals surface area (Å²) in [6.45, 7) is 2.59. The van der Waals surface area contributed by atoms with Gasteiger partial charge >= 0.3 is 5.97 Å². The summed E-state index contributed by atoms with van der Waals surface area (Å²) in [6.07, 6.45) is 4.88.